The summed E-state index contributed by atoms with van der Waals surface area (Å²) < 4.78 is 4.97. The maximum atomic E-state index is 5.72. The summed E-state index contributed by atoms with van der Waals surface area (Å²) in [6.45, 7) is 3.28. The van der Waals surface area contributed by atoms with Crippen LogP contribution < -0.4 is 0 Å². The highest BCUT2D eigenvalue weighted by Gasteiger charge is 2.22. The lowest BCUT2D eigenvalue weighted by atomic mass is 10.00. The Morgan fingerprint density at radius 2 is 0.735 bits per heavy atom. The van der Waals surface area contributed by atoms with Crippen LogP contribution in [0.1, 0.15) is 222 Å². The molecule has 6 heteroatoms. The predicted molar refractivity (Wildman–Crippen MR) is 361 cm³/mol. The minimum Gasteiger partial charge on any atom is -0.355 e. The van der Waals surface area contributed by atoms with Gasteiger partial charge in [-0.25, -0.2) is 9.97 Å². The van der Waals surface area contributed by atoms with Gasteiger partial charge in [-0.1, -0.05) is 266 Å². The highest BCUT2D eigenvalue weighted by Crippen LogP contribution is 2.43. The van der Waals surface area contributed by atoms with E-state index >= 15 is 0 Å². The topological polar surface area (TPSA) is 67.2 Å². The molecule has 0 saturated heterocycles. The maximum Gasteiger partial charge on any atom is 0.0738 e. The summed E-state index contributed by atoms with van der Waals surface area (Å²) in [7, 11) is 2.19. The number of hydrogen-bond donors (Lipinski definition) is 2. The molecule has 432 valence electrons. The summed E-state index contributed by atoms with van der Waals surface area (Å²) >= 11 is 0. The molecule has 2 aliphatic rings. The van der Waals surface area contributed by atoms with Crippen LogP contribution in [0, 0.1) is 0 Å². The van der Waals surface area contributed by atoms with Crippen molar-refractivity contribution < 1.29 is 0 Å². The lowest BCUT2D eigenvalue weighted by Gasteiger charge is -2.13. The highest BCUT2D eigenvalue weighted by molar-refractivity contribution is 6.16. The summed E-state index contributed by atoms with van der Waals surface area (Å²) in [6.07, 6.45) is 51.2. The molecule has 5 aromatic heterocycles. The van der Waals surface area contributed by atoms with Crippen molar-refractivity contribution in [3.05, 3.63) is 144 Å². The van der Waals surface area contributed by atoms with Crippen LogP contribution in [0.5, 0.6) is 0 Å². The Labute approximate surface area is 496 Å². The SMILES string of the molecule is CCCCCCCCCCCCCCCCCCCCCCCCCCCCCCCCn1c2ccccc2c2cccc(-c3c4nc(c(-c5cccc6c7ccccc7n(C)c56)c5ccc(cc6nc(cc7ccc3[nH]7)C=C6)[nH]5)C=C4)c21. The fourth-order valence-corrected chi connectivity index (χ4v) is 13.9. The van der Waals surface area contributed by atoms with Crippen LogP contribution in [-0.4, -0.2) is 29.1 Å². The van der Waals surface area contributed by atoms with E-state index in [-0.39, 0.29) is 0 Å². The van der Waals surface area contributed by atoms with Gasteiger partial charge in [0.2, 0.25) is 0 Å². The number of nitrogens with zero attached hydrogens (tertiary/aromatic N) is 4. The van der Waals surface area contributed by atoms with Gasteiger partial charge in [0.1, 0.15) is 0 Å². The number of aromatic amines is 2. The predicted octanol–water partition coefficient (Wildman–Crippen LogP) is 23.5. The van der Waals surface area contributed by atoms with Gasteiger partial charge in [0.25, 0.3) is 0 Å². The van der Waals surface area contributed by atoms with Crippen LogP contribution in [0.25, 0.3) is 112 Å². The molecule has 0 fully saturated rings. The van der Waals surface area contributed by atoms with Gasteiger partial charge in [0, 0.05) is 90.5 Å². The van der Waals surface area contributed by atoms with E-state index in [0.717, 1.165) is 74.5 Å². The minimum atomic E-state index is 0.915. The molecule has 0 radical (unpaired) electrons. The first-order valence-corrected chi connectivity index (χ1v) is 33.2. The molecule has 0 saturated carbocycles. The Hall–Kier alpha value is -6.92. The van der Waals surface area contributed by atoms with Gasteiger partial charge >= 0.3 is 0 Å². The Kier molecular flexibility index (Phi) is 20.6. The van der Waals surface area contributed by atoms with Crippen LogP contribution >= 0.6 is 0 Å². The van der Waals surface area contributed by atoms with E-state index in [1.165, 1.54) is 235 Å². The summed E-state index contributed by atoms with van der Waals surface area (Å²) in [4.78, 5) is 18.4. The van der Waals surface area contributed by atoms with E-state index in [1.54, 1.807) is 0 Å². The van der Waals surface area contributed by atoms with E-state index in [9.17, 15) is 0 Å². The van der Waals surface area contributed by atoms with Gasteiger partial charge in [0.05, 0.1) is 33.8 Å². The number of H-pyrrole nitrogens is 2. The first kappa shape index (κ1) is 57.9. The highest BCUT2D eigenvalue weighted by atomic mass is 15.0. The Bertz CT molecular complexity index is 3790. The first-order valence-electron chi connectivity index (χ1n) is 33.2. The van der Waals surface area contributed by atoms with Gasteiger partial charge in [-0.2, -0.15) is 0 Å². The normalized spacial score (nSPS) is 12.4. The molecule has 6 nitrogen and oxygen atoms in total. The molecular weight excluding hydrogens is 1010 g/mol. The molecule has 0 atom stereocenters. The zero-order chi connectivity index (χ0) is 56.4. The van der Waals surface area contributed by atoms with Crippen molar-refractivity contribution in [2.45, 2.75) is 206 Å². The largest absolute Gasteiger partial charge is 0.355 e. The summed E-state index contributed by atoms with van der Waals surface area (Å²) in [5.41, 5.74) is 17.2. The van der Waals surface area contributed by atoms with Crippen LogP contribution in [0.4, 0.5) is 0 Å². The van der Waals surface area contributed by atoms with Crippen molar-refractivity contribution in [3.63, 3.8) is 0 Å². The molecule has 2 N–H and O–H groups in total. The van der Waals surface area contributed by atoms with E-state index in [4.69, 9.17) is 9.97 Å². The molecule has 7 heterocycles. The number of fused-ring (bicyclic) bond motifs is 14. The van der Waals surface area contributed by atoms with E-state index in [2.05, 4.69) is 179 Å². The lowest BCUT2D eigenvalue weighted by molar-refractivity contribution is 0.511. The van der Waals surface area contributed by atoms with Crippen LogP contribution in [-0.2, 0) is 13.6 Å². The van der Waals surface area contributed by atoms with Crippen molar-refractivity contribution in [2.75, 3.05) is 0 Å². The third kappa shape index (κ3) is 14.4. The number of rotatable bonds is 33. The average molecular weight is 1100 g/mol. The molecule has 83 heavy (non-hydrogen) atoms. The maximum absolute atomic E-state index is 5.72. The fraction of sp³-hybridized carbons (Fsp3) is 0.429. The second-order valence-electron chi connectivity index (χ2n) is 24.6. The molecule has 0 unspecified atom stereocenters. The van der Waals surface area contributed by atoms with Crippen LogP contribution in [0.2, 0.25) is 0 Å². The van der Waals surface area contributed by atoms with Gasteiger partial charge in [-0.15, -0.1) is 0 Å². The lowest BCUT2D eigenvalue weighted by Crippen LogP contribution is -2.00. The van der Waals surface area contributed by atoms with E-state index < -0.39 is 0 Å². The smallest absolute Gasteiger partial charge is 0.0738 e. The van der Waals surface area contributed by atoms with Gasteiger partial charge < -0.3 is 19.1 Å². The second-order valence-corrected chi connectivity index (χ2v) is 24.6. The summed E-state index contributed by atoms with van der Waals surface area (Å²) in [5, 5.41) is 5.07. The molecule has 4 aromatic carbocycles. The van der Waals surface area contributed by atoms with Gasteiger partial charge in [-0.3, -0.25) is 0 Å². The number of aromatic nitrogens is 6. The molecule has 0 aliphatic carbocycles. The number of unbranched alkanes of at least 4 members (excludes halogenated alkanes) is 29. The first-order chi connectivity index (χ1) is 41.1. The minimum absolute atomic E-state index is 0.915. The number of aryl methyl sites for hydroxylation is 2. The van der Waals surface area contributed by atoms with Crippen molar-refractivity contribution in [2.24, 2.45) is 7.05 Å². The Balaban J connectivity index is 0.711. The van der Waals surface area contributed by atoms with Crippen LogP contribution in [0.15, 0.2) is 121 Å². The number of benzene rings is 4. The molecule has 9 aromatic rings. The molecular formula is C77H94N6. The zero-order valence-corrected chi connectivity index (χ0v) is 50.6. The Morgan fingerprint density at radius 1 is 0.349 bits per heavy atom. The standard InChI is InChI=1S/C77H94N6/c1-3-4-5-6-7-8-9-10-11-12-13-14-15-16-17-18-19-20-21-22-23-24-25-26-27-28-29-30-31-36-55-83-73-46-35-33-40-63(73)65-42-38-44-67(77(65)83)75-69-52-50-61(80-69)57-59-48-47-58(78-59)56-60-49-51-68(79-60)74(70-53-54-71(75)81-70)66-43-37-41-64-62-39-32-34-45-72(62)82(2)76(64)66/h32-35,37-54,56-57,79-80H,3-31,36,55H2,1-2H3. The van der Waals surface area contributed by atoms with Gasteiger partial charge in [-0.05, 0) is 79.3 Å². The number of hydrogen-bond acceptors (Lipinski definition) is 2. The quantitative estimate of drug-likeness (QED) is 0.0403. The van der Waals surface area contributed by atoms with Crippen LogP contribution in [0.3, 0.4) is 0 Å². The molecule has 11 rings (SSSR count). The summed E-state index contributed by atoms with van der Waals surface area (Å²) in [6, 6.07) is 44.4. The van der Waals surface area contributed by atoms with E-state index in [0.29, 0.717) is 0 Å². The molecule has 8 bridgehead atoms. The monoisotopic (exact) mass is 1100 g/mol. The fourth-order valence-electron chi connectivity index (χ4n) is 13.9. The van der Waals surface area contributed by atoms with Gasteiger partial charge in [0.15, 0.2) is 0 Å². The molecule has 2 aliphatic heterocycles. The van der Waals surface area contributed by atoms with Crippen molar-refractivity contribution >= 4 is 90.0 Å². The second kappa shape index (κ2) is 29.6. The third-order valence-electron chi connectivity index (χ3n) is 18.4. The number of nitrogens with one attached hydrogen (secondary N) is 2. The zero-order valence-electron chi connectivity index (χ0n) is 50.6. The third-order valence-corrected chi connectivity index (χ3v) is 18.4. The molecule has 0 amide bonds. The number of para-hydroxylation sites is 4. The van der Waals surface area contributed by atoms with E-state index in [1.807, 2.05) is 0 Å². The van der Waals surface area contributed by atoms with Crippen molar-refractivity contribution in [3.8, 4) is 22.3 Å². The average Bonchev–Trinajstić information content (AvgIpc) is 3.68. The summed E-state index contributed by atoms with van der Waals surface area (Å²) in [5.74, 6) is 0. The van der Waals surface area contributed by atoms with Crippen molar-refractivity contribution in [1.29, 1.82) is 0 Å². The van der Waals surface area contributed by atoms with Crippen molar-refractivity contribution in [1.82, 2.24) is 29.1 Å². The molecule has 0 spiro atoms. The Morgan fingerprint density at radius 3 is 1.20 bits per heavy atom.